The lowest BCUT2D eigenvalue weighted by atomic mass is 11.2. The summed E-state index contributed by atoms with van der Waals surface area (Å²) in [6, 6.07) is 0. The van der Waals surface area contributed by atoms with Gasteiger partial charge in [0.25, 0.3) is 0 Å². The molecule has 0 aliphatic heterocycles. The molecule has 0 spiro atoms. The molecule has 3 N–H and O–H groups in total. The van der Waals surface area contributed by atoms with Crippen LogP contribution in [0, 0.1) is 0 Å². The van der Waals surface area contributed by atoms with Crippen molar-refractivity contribution in [2.24, 2.45) is 0 Å². The molecule has 3 atom stereocenters. The number of hydrogen-bond donors (Lipinski definition) is 3. The van der Waals surface area contributed by atoms with E-state index in [-0.39, 0.29) is 0 Å². The summed E-state index contributed by atoms with van der Waals surface area (Å²) in [6.07, 6.45) is 1.13. The van der Waals surface area contributed by atoms with Gasteiger partial charge in [0.1, 0.15) is 0 Å². The van der Waals surface area contributed by atoms with Gasteiger partial charge in [0, 0.05) is 0 Å². The van der Waals surface area contributed by atoms with Crippen LogP contribution in [0.4, 0.5) is 0 Å². The lowest BCUT2D eigenvalue weighted by Gasteiger charge is -2.21. The summed E-state index contributed by atoms with van der Waals surface area (Å²) in [7, 11) is -21.6. The van der Waals surface area contributed by atoms with Gasteiger partial charge in [-0.1, -0.05) is 19.7 Å². The molecule has 23 heavy (non-hydrogen) atoms. The Balaban J connectivity index is 5.64. The van der Waals surface area contributed by atoms with Crippen LogP contribution in [0.2, 0.25) is 0 Å². The first-order chi connectivity index (χ1) is 10.3. The van der Waals surface area contributed by atoms with Gasteiger partial charge in [-0.05, 0) is 0 Å². The van der Waals surface area contributed by atoms with Crippen molar-refractivity contribution in [1.82, 2.24) is 0 Å². The van der Waals surface area contributed by atoms with Gasteiger partial charge < -0.3 is 13.6 Å². The quantitative estimate of drug-likeness (QED) is 0.312. The third kappa shape index (κ3) is 9.24. The Bertz CT molecular complexity index is 553. The Morgan fingerprint density at radius 1 is 0.609 bits per heavy atom. The standard InChI is InChI=1S/C6H12O13P4/c1-4-14-20(7,8)17-23(13,18-21(9,10)15-5-2)19-22(11,12)16-6-3/h4-6H,1-3H2,(H,7,8)(H,9,10)(H,11,12). The van der Waals surface area contributed by atoms with Crippen LogP contribution in [0.3, 0.4) is 0 Å². The fourth-order valence-electron chi connectivity index (χ4n) is 0.764. The van der Waals surface area contributed by atoms with Crippen molar-refractivity contribution >= 4 is 31.3 Å². The minimum absolute atomic E-state index is 0.378. The van der Waals surface area contributed by atoms with E-state index in [2.05, 4.69) is 46.2 Å². The summed E-state index contributed by atoms with van der Waals surface area (Å²) in [6.45, 7) is 8.68. The van der Waals surface area contributed by atoms with E-state index in [1.165, 1.54) is 0 Å². The van der Waals surface area contributed by atoms with E-state index < -0.39 is 31.3 Å². The molecule has 0 aliphatic carbocycles. The predicted molar refractivity (Wildman–Crippen MR) is 74.2 cm³/mol. The zero-order valence-electron chi connectivity index (χ0n) is 11.1. The second-order valence-corrected chi connectivity index (χ2v) is 9.21. The molecule has 0 aromatic heterocycles. The van der Waals surface area contributed by atoms with Gasteiger partial charge in [-0.3, -0.25) is 14.7 Å². The number of hydrogen-bond acceptors (Lipinski definition) is 10. The number of rotatable bonds is 12. The van der Waals surface area contributed by atoms with Crippen LogP contribution >= 0.6 is 31.3 Å². The highest BCUT2D eigenvalue weighted by Gasteiger charge is 2.50. The van der Waals surface area contributed by atoms with Crippen molar-refractivity contribution < 1.29 is 59.4 Å². The molecule has 0 amide bonds. The molecule has 0 aromatic rings. The fourth-order valence-corrected chi connectivity index (χ4v) is 5.99. The topological polar surface area (TPSA) is 184 Å². The molecule has 0 fully saturated rings. The SMILES string of the molecule is C=COP(=O)(O)OP(=O)(OP(=O)(O)OC=C)OP(=O)(O)OC=C. The highest BCUT2D eigenvalue weighted by atomic mass is 31.3. The zero-order valence-corrected chi connectivity index (χ0v) is 14.6. The minimum atomic E-state index is -5.73. The molecule has 134 valence electrons. The molecule has 3 unspecified atom stereocenters. The molecule has 0 radical (unpaired) electrons. The highest BCUT2D eigenvalue weighted by Crippen LogP contribution is 2.75. The van der Waals surface area contributed by atoms with E-state index in [0.29, 0.717) is 18.8 Å². The van der Waals surface area contributed by atoms with Crippen LogP contribution in [-0.2, 0) is 44.8 Å². The highest BCUT2D eigenvalue weighted by molar-refractivity contribution is 7.71. The predicted octanol–water partition coefficient (Wildman–Crippen LogP) is 2.93. The van der Waals surface area contributed by atoms with Crippen molar-refractivity contribution in [3.8, 4) is 0 Å². The van der Waals surface area contributed by atoms with E-state index in [0.717, 1.165) is 0 Å². The van der Waals surface area contributed by atoms with Crippen LogP contribution in [0.25, 0.3) is 0 Å². The van der Waals surface area contributed by atoms with Gasteiger partial charge in [-0.2, -0.15) is 12.9 Å². The lowest BCUT2D eigenvalue weighted by molar-refractivity contribution is 0.181. The van der Waals surface area contributed by atoms with E-state index in [1.807, 2.05) is 0 Å². The molecule has 0 bridgehead atoms. The molecule has 13 nitrogen and oxygen atoms in total. The third-order valence-corrected chi connectivity index (χ3v) is 7.36. The average Bonchev–Trinajstić information content (AvgIpc) is 2.23. The van der Waals surface area contributed by atoms with Gasteiger partial charge >= 0.3 is 31.3 Å². The lowest BCUT2D eigenvalue weighted by Crippen LogP contribution is -1.99. The van der Waals surface area contributed by atoms with Crippen LogP contribution in [-0.4, -0.2) is 14.7 Å². The molecule has 17 heteroatoms. The maximum absolute atomic E-state index is 12.1. The normalized spacial score (nSPS) is 21.3. The van der Waals surface area contributed by atoms with E-state index in [4.69, 9.17) is 14.7 Å². The van der Waals surface area contributed by atoms with Crippen molar-refractivity contribution in [2.75, 3.05) is 0 Å². The minimum Gasteiger partial charge on any atom is -0.412 e. The summed E-state index contributed by atoms with van der Waals surface area (Å²) < 4.78 is 69.5. The second kappa shape index (κ2) is 8.41. The monoisotopic (exact) mass is 416 g/mol. The van der Waals surface area contributed by atoms with Crippen molar-refractivity contribution in [2.45, 2.75) is 0 Å². The van der Waals surface area contributed by atoms with Gasteiger partial charge in [0.15, 0.2) is 0 Å². The third-order valence-electron chi connectivity index (χ3n) is 1.23. The van der Waals surface area contributed by atoms with Crippen molar-refractivity contribution in [3.05, 3.63) is 38.5 Å². The zero-order chi connectivity index (χ0) is 18.4. The largest absolute Gasteiger partial charge is 0.535 e. The Labute approximate surface area is 130 Å². The Kier molecular flexibility index (Phi) is 8.16. The summed E-state index contributed by atoms with van der Waals surface area (Å²) >= 11 is 0. The molecular formula is C6H12O13P4. The van der Waals surface area contributed by atoms with E-state index in [9.17, 15) is 18.3 Å². The molecule has 0 saturated heterocycles. The summed E-state index contributed by atoms with van der Waals surface area (Å²) in [4.78, 5) is 27.4. The van der Waals surface area contributed by atoms with Gasteiger partial charge in [0.2, 0.25) is 0 Å². The van der Waals surface area contributed by atoms with Crippen molar-refractivity contribution in [1.29, 1.82) is 0 Å². The van der Waals surface area contributed by atoms with Gasteiger partial charge in [0.05, 0.1) is 18.8 Å². The fraction of sp³-hybridized carbons (Fsp3) is 0. The smallest absolute Gasteiger partial charge is 0.412 e. The average molecular weight is 416 g/mol. The van der Waals surface area contributed by atoms with E-state index >= 15 is 0 Å². The first-order valence-electron chi connectivity index (χ1n) is 4.91. The molecule has 0 aromatic carbocycles. The summed E-state index contributed by atoms with van der Waals surface area (Å²) in [5.74, 6) is 0. The number of phosphoric ester groups is 3. The van der Waals surface area contributed by atoms with E-state index in [1.54, 1.807) is 0 Å². The summed E-state index contributed by atoms with van der Waals surface area (Å²) in [5, 5.41) is 0. The molecule has 0 saturated carbocycles. The molecule has 0 rings (SSSR count). The number of phosphoric acid groups is 4. The molecular weight excluding hydrogens is 404 g/mol. The molecule has 0 heterocycles. The van der Waals surface area contributed by atoms with Crippen LogP contribution in [0.15, 0.2) is 38.5 Å². The Morgan fingerprint density at radius 2 is 0.826 bits per heavy atom. The van der Waals surface area contributed by atoms with Crippen LogP contribution in [0.1, 0.15) is 0 Å². The maximum atomic E-state index is 12.1. The van der Waals surface area contributed by atoms with Crippen molar-refractivity contribution in [3.63, 3.8) is 0 Å². The Hall–Kier alpha value is -0.700. The molecule has 0 aliphatic rings. The second-order valence-electron chi connectivity index (χ2n) is 2.91. The van der Waals surface area contributed by atoms with Gasteiger partial charge in [-0.25, -0.2) is 18.3 Å². The van der Waals surface area contributed by atoms with Gasteiger partial charge in [-0.15, -0.1) is 0 Å². The Morgan fingerprint density at radius 3 is 1.00 bits per heavy atom. The van der Waals surface area contributed by atoms with Crippen LogP contribution in [0.5, 0.6) is 0 Å². The summed E-state index contributed by atoms with van der Waals surface area (Å²) in [5.41, 5.74) is 0. The first kappa shape index (κ1) is 22.3. The van der Waals surface area contributed by atoms with Crippen LogP contribution < -0.4 is 0 Å². The maximum Gasteiger partial charge on any atom is 0.535 e. The first-order valence-corrected chi connectivity index (χ1v) is 10.9.